The molecule has 1 unspecified atom stereocenters. The summed E-state index contributed by atoms with van der Waals surface area (Å²) in [5.41, 5.74) is 8.37. The first-order valence-electron chi connectivity index (χ1n) is 9.45. The van der Waals surface area contributed by atoms with Crippen molar-refractivity contribution in [3.63, 3.8) is 0 Å². The van der Waals surface area contributed by atoms with E-state index in [1.807, 2.05) is 48.5 Å². The van der Waals surface area contributed by atoms with Crippen LogP contribution in [0.25, 0.3) is 21.5 Å². The molecule has 0 saturated carbocycles. The summed E-state index contributed by atoms with van der Waals surface area (Å²) in [6.07, 6.45) is 3.20. The number of amides is 1. The quantitative estimate of drug-likeness (QED) is 0.526. The number of carbonyl (C=O) groups is 1. The summed E-state index contributed by atoms with van der Waals surface area (Å²) in [6.45, 7) is 0.685. The second-order valence-electron chi connectivity index (χ2n) is 6.84. The summed E-state index contributed by atoms with van der Waals surface area (Å²) in [5, 5.41) is 3.66. The molecule has 8 heteroatoms. The third-order valence-electron chi connectivity index (χ3n) is 4.82. The average molecular weight is 418 g/mol. The van der Waals surface area contributed by atoms with E-state index in [0.717, 1.165) is 16.6 Å². The standard InChI is InChI=1S/C22H18N4O3S/c23-19-15-7-8-16(13-4-3-9-24-10-13)26-22(15)30-20(19)21(27)25-11-14-12-28-17-5-1-2-6-18(17)29-14/h1-10,14H,11-12,23H2,(H,25,27). The van der Waals surface area contributed by atoms with Crippen LogP contribution in [0.1, 0.15) is 9.67 Å². The maximum Gasteiger partial charge on any atom is 0.263 e. The number of anilines is 1. The van der Waals surface area contributed by atoms with Crippen molar-refractivity contribution in [2.45, 2.75) is 6.10 Å². The molecule has 0 radical (unpaired) electrons. The zero-order chi connectivity index (χ0) is 20.5. The molecule has 0 aliphatic carbocycles. The van der Waals surface area contributed by atoms with E-state index in [-0.39, 0.29) is 12.0 Å². The number of hydrogen-bond acceptors (Lipinski definition) is 7. The highest BCUT2D eigenvalue weighted by molar-refractivity contribution is 7.21. The lowest BCUT2D eigenvalue weighted by Crippen LogP contribution is -2.40. The number of nitrogens with zero attached hydrogens (tertiary/aromatic N) is 2. The van der Waals surface area contributed by atoms with Crippen molar-refractivity contribution in [1.82, 2.24) is 15.3 Å². The number of ether oxygens (including phenoxy) is 2. The van der Waals surface area contributed by atoms with Crippen LogP contribution in [-0.2, 0) is 0 Å². The van der Waals surface area contributed by atoms with Crippen LogP contribution in [0.3, 0.4) is 0 Å². The Morgan fingerprint density at radius 3 is 2.87 bits per heavy atom. The smallest absolute Gasteiger partial charge is 0.263 e. The molecule has 4 aromatic rings. The van der Waals surface area contributed by atoms with Crippen molar-refractivity contribution < 1.29 is 14.3 Å². The molecule has 0 bridgehead atoms. The molecule has 3 N–H and O–H groups in total. The van der Waals surface area contributed by atoms with Gasteiger partial charge in [-0.1, -0.05) is 12.1 Å². The highest BCUT2D eigenvalue weighted by atomic mass is 32.1. The van der Waals surface area contributed by atoms with Gasteiger partial charge in [0, 0.05) is 23.3 Å². The number of rotatable bonds is 4. The Balaban J connectivity index is 1.32. The van der Waals surface area contributed by atoms with Crippen LogP contribution in [-0.4, -0.2) is 35.1 Å². The van der Waals surface area contributed by atoms with Gasteiger partial charge in [0.2, 0.25) is 0 Å². The molecule has 150 valence electrons. The van der Waals surface area contributed by atoms with E-state index in [4.69, 9.17) is 15.2 Å². The number of nitrogens with two attached hydrogens (primary N) is 1. The summed E-state index contributed by atoms with van der Waals surface area (Å²) in [4.78, 5) is 22.7. The molecule has 1 aliphatic rings. The van der Waals surface area contributed by atoms with Crippen LogP contribution in [0.4, 0.5) is 5.69 Å². The Morgan fingerprint density at radius 1 is 1.17 bits per heavy atom. The number of benzene rings is 1. The molecular weight excluding hydrogens is 400 g/mol. The highest BCUT2D eigenvalue weighted by Gasteiger charge is 2.23. The molecule has 30 heavy (non-hydrogen) atoms. The number of fused-ring (bicyclic) bond motifs is 2. The molecule has 0 fully saturated rings. The lowest BCUT2D eigenvalue weighted by atomic mass is 10.1. The van der Waals surface area contributed by atoms with Gasteiger partial charge in [-0.25, -0.2) is 4.98 Å². The number of hydrogen-bond donors (Lipinski definition) is 2. The van der Waals surface area contributed by atoms with Crippen LogP contribution >= 0.6 is 11.3 Å². The van der Waals surface area contributed by atoms with E-state index >= 15 is 0 Å². The van der Waals surface area contributed by atoms with Crippen molar-refractivity contribution in [1.29, 1.82) is 0 Å². The van der Waals surface area contributed by atoms with Gasteiger partial charge in [0.25, 0.3) is 5.91 Å². The van der Waals surface area contributed by atoms with E-state index in [1.165, 1.54) is 11.3 Å². The molecule has 1 aliphatic heterocycles. The largest absolute Gasteiger partial charge is 0.486 e. The first-order valence-corrected chi connectivity index (χ1v) is 10.3. The Hall–Kier alpha value is -3.65. The van der Waals surface area contributed by atoms with E-state index < -0.39 is 0 Å². The van der Waals surface area contributed by atoms with Crippen LogP contribution in [0.15, 0.2) is 60.9 Å². The summed E-state index contributed by atoms with van der Waals surface area (Å²) in [5.74, 6) is 1.14. The van der Waals surface area contributed by atoms with Gasteiger partial charge in [-0.15, -0.1) is 11.3 Å². The maximum absolute atomic E-state index is 12.8. The molecule has 0 saturated heterocycles. The van der Waals surface area contributed by atoms with E-state index in [2.05, 4.69) is 15.3 Å². The minimum absolute atomic E-state index is 0.249. The van der Waals surface area contributed by atoms with Crippen molar-refractivity contribution in [3.8, 4) is 22.8 Å². The minimum atomic E-state index is -0.269. The first kappa shape index (κ1) is 18.4. The molecule has 0 spiro atoms. The van der Waals surface area contributed by atoms with Gasteiger partial charge < -0.3 is 20.5 Å². The van der Waals surface area contributed by atoms with Crippen molar-refractivity contribution in [2.24, 2.45) is 0 Å². The zero-order valence-electron chi connectivity index (χ0n) is 15.9. The Labute approximate surface area is 176 Å². The van der Waals surface area contributed by atoms with Gasteiger partial charge in [0.15, 0.2) is 11.5 Å². The van der Waals surface area contributed by atoms with Crippen LogP contribution in [0, 0.1) is 0 Å². The molecule has 4 heterocycles. The van der Waals surface area contributed by atoms with Crippen molar-refractivity contribution in [2.75, 3.05) is 18.9 Å². The van der Waals surface area contributed by atoms with Gasteiger partial charge in [0.05, 0.1) is 17.9 Å². The van der Waals surface area contributed by atoms with Gasteiger partial charge in [0.1, 0.15) is 22.4 Å². The maximum atomic E-state index is 12.8. The summed E-state index contributed by atoms with van der Waals surface area (Å²) in [6, 6.07) is 15.1. The number of nitrogen functional groups attached to an aromatic ring is 1. The summed E-state index contributed by atoms with van der Waals surface area (Å²) >= 11 is 1.28. The predicted octanol–water partition coefficient (Wildman–Crippen LogP) is 3.51. The summed E-state index contributed by atoms with van der Waals surface area (Å²) in [7, 11) is 0. The monoisotopic (exact) mass is 418 g/mol. The molecule has 1 aromatic carbocycles. The second-order valence-corrected chi connectivity index (χ2v) is 7.84. The van der Waals surface area contributed by atoms with Gasteiger partial charge in [-0.3, -0.25) is 9.78 Å². The third kappa shape index (κ3) is 3.42. The van der Waals surface area contributed by atoms with Gasteiger partial charge in [-0.2, -0.15) is 0 Å². The Morgan fingerprint density at radius 2 is 2.03 bits per heavy atom. The lowest BCUT2D eigenvalue weighted by molar-refractivity contribution is 0.0792. The average Bonchev–Trinajstić information content (AvgIpc) is 3.14. The highest BCUT2D eigenvalue weighted by Crippen LogP contribution is 2.34. The summed E-state index contributed by atoms with van der Waals surface area (Å²) < 4.78 is 11.6. The number of pyridine rings is 2. The van der Waals surface area contributed by atoms with Gasteiger partial charge in [-0.05, 0) is 36.4 Å². The van der Waals surface area contributed by atoms with Crippen LogP contribution in [0.2, 0.25) is 0 Å². The van der Waals surface area contributed by atoms with Gasteiger partial charge >= 0.3 is 0 Å². The first-order chi connectivity index (χ1) is 14.7. The Kier molecular flexibility index (Phi) is 4.68. The normalized spacial score (nSPS) is 15.1. The topological polar surface area (TPSA) is 99.4 Å². The fourth-order valence-electron chi connectivity index (χ4n) is 3.29. The lowest BCUT2D eigenvalue weighted by Gasteiger charge is -2.26. The van der Waals surface area contributed by atoms with E-state index in [9.17, 15) is 4.79 Å². The van der Waals surface area contributed by atoms with E-state index in [1.54, 1.807) is 12.4 Å². The number of thiophene rings is 1. The molecule has 5 rings (SSSR count). The zero-order valence-corrected chi connectivity index (χ0v) is 16.7. The number of nitrogens with one attached hydrogen (secondary N) is 1. The number of para-hydroxylation sites is 2. The minimum Gasteiger partial charge on any atom is -0.486 e. The fourth-order valence-corrected chi connectivity index (χ4v) is 4.30. The molecular formula is C22H18N4O3S. The molecule has 3 aromatic heterocycles. The third-order valence-corrected chi connectivity index (χ3v) is 5.93. The van der Waals surface area contributed by atoms with Crippen LogP contribution in [0.5, 0.6) is 11.5 Å². The number of carbonyl (C=O) groups excluding carboxylic acids is 1. The molecule has 1 atom stereocenters. The SMILES string of the molecule is Nc1c(C(=O)NCC2COc3ccccc3O2)sc2nc(-c3cccnc3)ccc12. The molecule has 1 amide bonds. The second kappa shape index (κ2) is 7.64. The molecule has 7 nitrogen and oxygen atoms in total. The predicted molar refractivity (Wildman–Crippen MR) is 116 cm³/mol. The Bertz CT molecular complexity index is 1230. The van der Waals surface area contributed by atoms with Crippen molar-refractivity contribution >= 4 is 33.1 Å². The van der Waals surface area contributed by atoms with Crippen LogP contribution < -0.4 is 20.5 Å². The van der Waals surface area contributed by atoms with Crippen molar-refractivity contribution in [3.05, 3.63) is 65.8 Å². The fraction of sp³-hybridized carbons (Fsp3) is 0.136. The number of aromatic nitrogens is 2. The van der Waals surface area contributed by atoms with E-state index in [0.29, 0.717) is 40.0 Å².